The second-order valence-electron chi connectivity index (χ2n) is 7.15. The van der Waals surface area contributed by atoms with Crippen molar-refractivity contribution in [3.63, 3.8) is 0 Å². The van der Waals surface area contributed by atoms with Crippen LogP contribution in [-0.2, 0) is 17.9 Å². The lowest BCUT2D eigenvalue weighted by atomic mass is 10.2. The van der Waals surface area contributed by atoms with Crippen LogP contribution in [0.25, 0.3) is 0 Å². The van der Waals surface area contributed by atoms with Crippen molar-refractivity contribution in [1.29, 1.82) is 0 Å². The summed E-state index contributed by atoms with van der Waals surface area (Å²) in [4.78, 5) is 16.7. The number of likely N-dealkylation sites (tertiary alicyclic amines) is 1. The molecular formula is C21H25Cl2N3O. The number of hydrogen-bond acceptors (Lipinski definition) is 3. The van der Waals surface area contributed by atoms with E-state index in [2.05, 4.69) is 22.3 Å². The van der Waals surface area contributed by atoms with Gasteiger partial charge in [0.25, 0.3) is 0 Å². The third-order valence-electron chi connectivity index (χ3n) is 4.69. The van der Waals surface area contributed by atoms with Crippen molar-refractivity contribution < 1.29 is 4.79 Å². The monoisotopic (exact) mass is 405 g/mol. The van der Waals surface area contributed by atoms with E-state index in [1.807, 2.05) is 36.2 Å². The molecule has 0 unspecified atom stereocenters. The zero-order valence-electron chi connectivity index (χ0n) is 15.5. The lowest BCUT2D eigenvalue weighted by Crippen LogP contribution is -2.29. The van der Waals surface area contributed by atoms with Gasteiger partial charge in [0.2, 0.25) is 5.91 Å². The Morgan fingerprint density at radius 1 is 1.04 bits per heavy atom. The van der Waals surface area contributed by atoms with Gasteiger partial charge in [-0.25, -0.2) is 0 Å². The van der Waals surface area contributed by atoms with E-state index in [1.165, 1.54) is 31.5 Å². The minimum atomic E-state index is -0.0372. The number of carbonyl (C=O) groups is 1. The van der Waals surface area contributed by atoms with Gasteiger partial charge in [-0.05, 0) is 68.4 Å². The number of halogens is 2. The van der Waals surface area contributed by atoms with E-state index < -0.39 is 0 Å². The van der Waals surface area contributed by atoms with Crippen LogP contribution in [0.1, 0.15) is 24.0 Å². The normalized spacial score (nSPS) is 14.7. The van der Waals surface area contributed by atoms with Crippen LogP contribution in [0.2, 0.25) is 10.0 Å². The van der Waals surface area contributed by atoms with E-state index in [-0.39, 0.29) is 5.91 Å². The summed E-state index contributed by atoms with van der Waals surface area (Å²) in [5.74, 6) is -0.0372. The maximum absolute atomic E-state index is 12.3. The van der Waals surface area contributed by atoms with Gasteiger partial charge in [0.1, 0.15) is 0 Å². The fourth-order valence-electron chi connectivity index (χ4n) is 3.34. The predicted octanol–water partition coefficient (Wildman–Crippen LogP) is 4.66. The third-order valence-corrected chi connectivity index (χ3v) is 5.43. The number of nitrogens with one attached hydrogen (secondary N) is 1. The van der Waals surface area contributed by atoms with Crippen molar-refractivity contribution in [2.75, 3.05) is 32.0 Å². The summed E-state index contributed by atoms with van der Waals surface area (Å²) >= 11 is 12.0. The summed E-state index contributed by atoms with van der Waals surface area (Å²) in [7, 11) is 1.90. The van der Waals surface area contributed by atoms with E-state index in [0.29, 0.717) is 23.1 Å². The smallest absolute Gasteiger partial charge is 0.238 e. The second-order valence-corrected chi connectivity index (χ2v) is 7.96. The summed E-state index contributed by atoms with van der Waals surface area (Å²) < 4.78 is 0. The van der Waals surface area contributed by atoms with Gasteiger partial charge in [0.15, 0.2) is 0 Å². The van der Waals surface area contributed by atoms with Gasteiger partial charge in [-0.1, -0.05) is 41.4 Å². The quantitative estimate of drug-likeness (QED) is 0.727. The van der Waals surface area contributed by atoms with E-state index in [9.17, 15) is 4.79 Å². The third kappa shape index (κ3) is 6.22. The molecule has 0 saturated carbocycles. The summed E-state index contributed by atoms with van der Waals surface area (Å²) in [6.07, 6.45) is 2.59. The maximum Gasteiger partial charge on any atom is 0.238 e. The molecule has 27 heavy (non-hydrogen) atoms. The Morgan fingerprint density at radius 3 is 2.37 bits per heavy atom. The van der Waals surface area contributed by atoms with E-state index in [4.69, 9.17) is 23.2 Å². The van der Waals surface area contributed by atoms with Gasteiger partial charge in [0.05, 0.1) is 16.6 Å². The van der Waals surface area contributed by atoms with Crippen LogP contribution in [0.5, 0.6) is 0 Å². The lowest BCUT2D eigenvalue weighted by molar-refractivity contribution is -0.117. The van der Waals surface area contributed by atoms with Crippen LogP contribution in [0, 0.1) is 0 Å². The highest BCUT2D eigenvalue weighted by Gasteiger charge is 2.12. The first kappa shape index (κ1) is 20.2. The molecule has 1 heterocycles. The fraction of sp³-hybridized carbons (Fsp3) is 0.381. The highest BCUT2D eigenvalue weighted by Crippen LogP contribution is 2.23. The van der Waals surface area contributed by atoms with Crippen molar-refractivity contribution in [3.05, 3.63) is 63.6 Å². The Kier molecular flexibility index (Phi) is 7.13. The summed E-state index contributed by atoms with van der Waals surface area (Å²) in [6.45, 7) is 4.28. The Hall–Kier alpha value is -1.59. The molecule has 1 aliphatic rings. The first-order chi connectivity index (χ1) is 13.0. The topological polar surface area (TPSA) is 35.6 Å². The van der Waals surface area contributed by atoms with Gasteiger partial charge in [-0.15, -0.1) is 0 Å². The molecule has 3 rings (SSSR count). The lowest BCUT2D eigenvalue weighted by Gasteiger charge is -2.17. The van der Waals surface area contributed by atoms with Crippen molar-refractivity contribution in [2.24, 2.45) is 0 Å². The average Bonchev–Trinajstić information content (AvgIpc) is 3.13. The minimum absolute atomic E-state index is 0.0372. The van der Waals surface area contributed by atoms with Gasteiger partial charge in [-0.3, -0.25) is 14.6 Å². The van der Waals surface area contributed by atoms with Crippen LogP contribution in [0.15, 0.2) is 42.5 Å². The molecule has 0 aromatic heterocycles. The molecule has 0 aliphatic carbocycles. The Labute approximate surface area is 171 Å². The molecule has 144 valence electrons. The van der Waals surface area contributed by atoms with Gasteiger partial charge < -0.3 is 5.32 Å². The zero-order chi connectivity index (χ0) is 19.2. The molecule has 0 spiro atoms. The van der Waals surface area contributed by atoms with E-state index in [0.717, 1.165) is 17.8 Å². The van der Waals surface area contributed by atoms with Crippen LogP contribution in [-0.4, -0.2) is 42.4 Å². The molecule has 0 radical (unpaired) electrons. The van der Waals surface area contributed by atoms with Gasteiger partial charge in [0, 0.05) is 18.8 Å². The van der Waals surface area contributed by atoms with Crippen molar-refractivity contribution in [3.8, 4) is 0 Å². The maximum atomic E-state index is 12.3. The molecule has 6 heteroatoms. The molecule has 1 aliphatic heterocycles. The summed E-state index contributed by atoms with van der Waals surface area (Å²) in [5, 5.41) is 4.02. The first-order valence-electron chi connectivity index (χ1n) is 9.23. The molecule has 1 fully saturated rings. The highest BCUT2D eigenvalue weighted by molar-refractivity contribution is 6.42. The standard InChI is InChI=1S/C21H25Cl2N3O/c1-25(13-17-6-9-19(22)20(23)12-17)15-21(27)24-18-7-4-16(5-8-18)14-26-10-2-3-11-26/h4-9,12H,2-3,10-11,13-15H2,1H3,(H,24,27). The Bertz CT molecular complexity index is 773. The van der Waals surface area contributed by atoms with Crippen molar-refractivity contribution in [2.45, 2.75) is 25.9 Å². The number of rotatable bonds is 7. The van der Waals surface area contributed by atoms with E-state index in [1.54, 1.807) is 6.07 Å². The molecule has 2 aromatic rings. The van der Waals surface area contributed by atoms with Crippen LogP contribution < -0.4 is 5.32 Å². The molecule has 1 saturated heterocycles. The molecule has 1 amide bonds. The number of amides is 1. The highest BCUT2D eigenvalue weighted by atomic mass is 35.5. The van der Waals surface area contributed by atoms with Crippen LogP contribution in [0.3, 0.4) is 0 Å². The molecule has 0 bridgehead atoms. The molecular weight excluding hydrogens is 381 g/mol. The van der Waals surface area contributed by atoms with Gasteiger partial charge >= 0.3 is 0 Å². The molecule has 4 nitrogen and oxygen atoms in total. The minimum Gasteiger partial charge on any atom is -0.325 e. The van der Waals surface area contributed by atoms with E-state index >= 15 is 0 Å². The number of hydrogen-bond donors (Lipinski definition) is 1. The first-order valence-corrected chi connectivity index (χ1v) is 9.99. The number of likely N-dealkylation sites (N-methyl/N-ethyl adjacent to an activating group) is 1. The molecule has 2 aromatic carbocycles. The number of nitrogens with zero attached hydrogens (tertiary/aromatic N) is 2. The van der Waals surface area contributed by atoms with Crippen LogP contribution >= 0.6 is 23.2 Å². The number of carbonyl (C=O) groups excluding carboxylic acids is 1. The van der Waals surface area contributed by atoms with Gasteiger partial charge in [-0.2, -0.15) is 0 Å². The molecule has 0 atom stereocenters. The zero-order valence-corrected chi connectivity index (χ0v) is 17.1. The predicted molar refractivity (Wildman–Crippen MR) is 112 cm³/mol. The Balaban J connectivity index is 1.47. The summed E-state index contributed by atoms with van der Waals surface area (Å²) in [5.41, 5.74) is 3.13. The average molecular weight is 406 g/mol. The second kappa shape index (κ2) is 9.56. The van der Waals surface area contributed by atoms with Crippen molar-refractivity contribution >= 4 is 34.8 Å². The SMILES string of the molecule is CN(CC(=O)Nc1ccc(CN2CCCC2)cc1)Cc1ccc(Cl)c(Cl)c1. The van der Waals surface area contributed by atoms with Crippen molar-refractivity contribution in [1.82, 2.24) is 9.80 Å². The summed E-state index contributed by atoms with van der Waals surface area (Å²) in [6, 6.07) is 13.7. The number of benzene rings is 2. The molecule has 1 N–H and O–H groups in total. The number of anilines is 1. The Morgan fingerprint density at radius 2 is 1.70 bits per heavy atom. The van der Waals surface area contributed by atoms with Crippen LogP contribution in [0.4, 0.5) is 5.69 Å². The largest absolute Gasteiger partial charge is 0.325 e. The fourth-order valence-corrected chi connectivity index (χ4v) is 3.66.